The van der Waals surface area contributed by atoms with E-state index in [1.807, 2.05) is 0 Å². The highest BCUT2D eigenvalue weighted by Gasteiger charge is 2.34. The SMILES string of the molecule is O=C1Nc2ccc(-c3cccc(C(F)(F)F)c3)c3c2C(CCC3)O1. The molecule has 1 N–H and O–H groups in total. The molecule has 1 amide bonds. The summed E-state index contributed by atoms with van der Waals surface area (Å²) in [6.07, 6.45) is -2.85. The van der Waals surface area contributed by atoms with Gasteiger partial charge in [-0.25, -0.2) is 4.79 Å². The summed E-state index contributed by atoms with van der Waals surface area (Å²) in [7, 11) is 0. The summed E-state index contributed by atoms with van der Waals surface area (Å²) in [5.74, 6) is 0. The molecule has 1 unspecified atom stereocenters. The van der Waals surface area contributed by atoms with Crippen LogP contribution >= 0.6 is 0 Å². The Morgan fingerprint density at radius 3 is 2.79 bits per heavy atom. The Hall–Kier alpha value is -2.50. The van der Waals surface area contributed by atoms with Gasteiger partial charge in [-0.3, -0.25) is 5.32 Å². The second-order valence-electron chi connectivity index (χ2n) is 6.04. The van der Waals surface area contributed by atoms with Crippen LogP contribution in [0.1, 0.15) is 35.6 Å². The van der Waals surface area contributed by atoms with Gasteiger partial charge in [0.05, 0.1) is 11.3 Å². The number of anilines is 1. The van der Waals surface area contributed by atoms with Crippen LogP contribution in [0, 0.1) is 0 Å². The maximum atomic E-state index is 13.0. The van der Waals surface area contributed by atoms with E-state index in [1.165, 1.54) is 12.1 Å². The average Bonchev–Trinajstić information content (AvgIpc) is 2.54. The Morgan fingerprint density at radius 1 is 1.17 bits per heavy atom. The topological polar surface area (TPSA) is 38.3 Å². The molecule has 24 heavy (non-hydrogen) atoms. The molecule has 2 aromatic carbocycles. The molecule has 0 spiro atoms. The summed E-state index contributed by atoms with van der Waals surface area (Å²) in [6.45, 7) is 0. The Balaban J connectivity index is 1.87. The largest absolute Gasteiger partial charge is 0.441 e. The fourth-order valence-electron chi connectivity index (χ4n) is 3.54. The average molecular weight is 333 g/mol. The Labute approximate surface area is 136 Å². The van der Waals surface area contributed by atoms with Gasteiger partial charge >= 0.3 is 12.3 Å². The molecule has 0 bridgehead atoms. The summed E-state index contributed by atoms with van der Waals surface area (Å²) >= 11 is 0. The molecular formula is C18H14F3NO2. The smallest absolute Gasteiger partial charge is 0.416 e. The fourth-order valence-corrected chi connectivity index (χ4v) is 3.54. The summed E-state index contributed by atoms with van der Waals surface area (Å²) in [5, 5.41) is 2.67. The fraction of sp³-hybridized carbons (Fsp3) is 0.278. The molecule has 0 saturated carbocycles. The van der Waals surface area contributed by atoms with E-state index >= 15 is 0 Å². The lowest BCUT2D eigenvalue weighted by Gasteiger charge is -2.33. The number of nitrogens with one attached hydrogen (secondary N) is 1. The number of hydrogen-bond acceptors (Lipinski definition) is 2. The van der Waals surface area contributed by atoms with Crippen molar-refractivity contribution in [2.24, 2.45) is 0 Å². The number of amides is 1. The number of ether oxygens (including phenoxy) is 1. The van der Waals surface area contributed by atoms with Crippen molar-refractivity contribution in [2.45, 2.75) is 31.5 Å². The standard InChI is InChI=1S/C18H14F3NO2/c19-18(20,21)11-4-1-3-10(9-11)12-7-8-14-16-13(12)5-2-6-15(16)24-17(23)22-14/h1,3-4,7-9,15H,2,5-6H2,(H,22,23). The number of halogens is 3. The van der Waals surface area contributed by atoms with Gasteiger partial charge in [0.1, 0.15) is 6.10 Å². The van der Waals surface area contributed by atoms with Crippen molar-refractivity contribution in [2.75, 3.05) is 5.32 Å². The monoisotopic (exact) mass is 333 g/mol. The third-order valence-electron chi connectivity index (χ3n) is 4.56. The highest BCUT2D eigenvalue weighted by atomic mass is 19.4. The number of benzene rings is 2. The molecule has 1 heterocycles. The predicted molar refractivity (Wildman–Crippen MR) is 82.7 cm³/mol. The number of rotatable bonds is 1. The first-order valence-electron chi connectivity index (χ1n) is 7.74. The molecule has 2 aliphatic rings. The summed E-state index contributed by atoms with van der Waals surface area (Å²) in [4.78, 5) is 11.6. The van der Waals surface area contributed by atoms with Gasteiger partial charge in [-0.05, 0) is 54.2 Å². The van der Waals surface area contributed by atoms with Crippen LogP contribution < -0.4 is 5.32 Å². The van der Waals surface area contributed by atoms with Crippen molar-refractivity contribution in [1.29, 1.82) is 0 Å². The molecule has 3 nitrogen and oxygen atoms in total. The molecule has 0 radical (unpaired) electrons. The van der Waals surface area contributed by atoms with Crippen molar-refractivity contribution in [3.05, 3.63) is 53.1 Å². The van der Waals surface area contributed by atoms with E-state index in [2.05, 4.69) is 5.32 Å². The molecule has 0 fully saturated rings. The number of alkyl halides is 3. The van der Waals surface area contributed by atoms with E-state index in [9.17, 15) is 18.0 Å². The van der Waals surface area contributed by atoms with Crippen molar-refractivity contribution >= 4 is 11.8 Å². The van der Waals surface area contributed by atoms with Crippen LogP contribution in [0.25, 0.3) is 11.1 Å². The molecule has 0 aromatic heterocycles. The van der Waals surface area contributed by atoms with Crippen LogP contribution in [0.15, 0.2) is 36.4 Å². The third kappa shape index (κ3) is 2.42. The lowest BCUT2D eigenvalue weighted by atomic mass is 9.82. The van der Waals surface area contributed by atoms with E-state index in [0.717, 1.165) is 42.0 Å². The molecule has 6 heteroatoms. The summed E-state index contributed by atoms with van der Waals surface area (Å²) in [6, 6.07) is 8.86. The van der Waals surface area contributed by atoms with E-state index in [4.69, 9.17) is 4.74 Å². The van der Waals surface area contributed by atoms with Gasteiger partial charge in [0.15, 0.2) is 0 Å². The maximum absolute atomic E-state index is 13.0. The molecule has 1 atom stereocenters. The van der Waals surface area contributed by atoms with Crippen molar-refractivity contribution < 1.29 is 22.7 Å². The van der Waals surface area contributed by atoms with Crippen LogP contribution in [0.4, 0.5) is 23.7 Å². The van der Waals surface area contributed by atoms with Crippen LogP contribution in [-0.2, 0) is 17.3 Å². The van der Waals surface area contributed by atoms with Crippen molar-refractivity contribution in [3.8, 4) is 11.1 Å². The predicted octanol–water partition coefficient (Wildman–Crippen LogP) is 5.31. The molecule has 0 saturated heterocycles. The molecule has 4 rings (SSSR count). The normalized spacial score (nSPS) is 19.3. The first-order chi connectivity index (χ1) is 11.4. The minimum atomic E-state index is -4.37. The zero-order valence-corrected chi connectivity index (χ0v) is 12.6. The second kappa shape index (κ2) is 5.26. The quantitative estimate of drug-likeness (QED) is 0.768. The highest BCUT2D eigenvalue weighted by molar-refractivity contribution is 5.90. The third-order valence-corrected chi connectivity index (χ3v) is 4.56. The molecular weight excluding hydrogens is 319 g/mol. The van der Waals surface area contributed by atoms with Gasteiger partial charge in [-0.2, -0.15) is 13.2 Å². The summed E-state index contributed by atoms with van der Waals surface area (Å²) in [5.41, 5.74) is 3.19. The van der Waals surface area contributed by atoms with E-state index in [1.54, 1.807) is 18.2 Å². The molecule has 124 valence electrons. The molecule has 1 aliphatic heterocycles. The Kier molecular flexibility index (Phi) is 3.30. The minimum absolute atomic E-state index is 0.316. The molecule has 1 aliphatic carbocycles. The minimum Gasteiger partial charge on any atom is -0.441 e. The van der Waals surface area contributed by atoms with Crippen LogP contribution in [0.2, 0.25) is 0 Å². The van der Waals surface area contributed by atoms with Gasteiger partial charge in [-0.15, -0.1) is 0 Å². The van der Waals surface area contributed by atoms with Crippen LogP contribution in [0.5, 0.6) is 0 Å². The van der Waals surface area contributed by atoms with Crippen LogP contribution in [0.3, 0.4) is 0 Å². The Bertz CT molecular complexity index is 829. The first kappa shape index (κ1) is 15.1. The van der Waals surface area contributed by atoms with Gasteiger partial charge in [0.25, 0.3) is 0 Å². The van der Waals surface area contributed by atoms with E-state index in [0.29, 0.717) is 11.3 Å². The van der Waals surface area contributed by atoms with Gasteiger partial charge in [-0.1, -0.05) is 18.2 Å². The molecule has 2 aromatic rings. The maximum Gasteiger partial charge on any atom is 0.416 e. The van der Waals surface area contributed by atoms with Crippen LogP contribution in [-0.4, -0.2) is 6.09 Å². The van der Waals surface area contributed by atoms with E-state index in [-0.39, 0.29) is 6.10 Å². The van der Waals surface area contributed by atoms with Crippen molar-refractivity contribution in [1.82, 2.24) is 0 Å². The zero-order valence-electron chi connectivity index (χ0n) is 12.6. The van der Waals surface area contributed by atoms with Gasteiger partial charge < -0.3 is 4.74 Å². The number of carbonyl (C=O) groups excluding carboxylic acids is 1. The summed E-state index contributed by atoms with van der Waals surface area (Å²) < 4.78 is 44.3. The number of carbonyl (C=O) groups is 1. The number of hydrogen-bond donors (Lipinski definition) is 1. The lowest BCUT2D eigenvalue weighted by molar-refractivity contribution is -0.137. The van der Waals surface area contributed by atoms with E-state index < -0.39 is 17.8 Å². The zero-order chi connectivity index (χ0) is 16.9. The van der Waals surface area contributed by atoms with Gasteiger partial charge in [0, 0.05) is 5.56 Å². The lowest BCUT2D eigenvalue weighted by Crippen LogP contribution is -2.28. The first-order valence-corrected chi connectivity index (χ1v) is 7.74. The van der Waals surface area contributed by atoms with Crippen molar-refractivity contribution in [3.63, 3.8) is 0 Å². The highest BCUT2D eigenvalue weighted by Crippen LogP contribution is 2.45. The second-order valence-corrected chi connectivity index (χ2v) is 6.04. The Morgan fingerprint density at radius 2 is 2.00 bits per heavy atom. The van der Waals surface area contributed by atoms with Gasteiger partial charge in [0.2, 0.25) is 0 Å².